The lowest BCUT2D eigenvalue weighted by Gasteiger charge is -2.31. The van der Waals surface area contributed by atoms with E-state index in [2.05, 4.69) is 14.9 Å². The Kier molecular flexibility index (Phi) is 4.50. The van der Waals surface area contributed by atoms with Crippen molar-refractivity contribution in [2.24, 2.45) is 0 Å². The lowest BCUT2D eigenvalue weighted by atomic mass is 9.93. The fourth-order valence-corrected chi connectivity index (χ4v) is 5.06. The number of H-pyrrole nitrogens is 1. The Balaban J connectivity index is 1.37. The summed E-state index contributed by atoms with van der Waals surface area (Å²) in [5.74, 6) is 1.13. The van der Waals surface area contributed by atoms with E-state index in [9.17, 15) is 4.79 Å². The van der Waals surface area contributed by atoms with Crippen molar-refractivity contribution in [3.05, 3.63) is 43.5 Å². The van der Waals surface area contributed by atoms with E-state index < -0.39 is 0 Å². The first-order valence-electron chi connectivity index (χ1n) is 8.95. The van der Waals surface area contributed by atoms with Crippen molar-refractivity contribution < 1.29 is 0 Å². The number of likely N-dealkylation sites (tertiary alicyclic amines) is 1. The predicted octanol–water partition coefficient (Wildman–Crippen LogP) is 2.79. The van der Waals surface area contributed by atoms with Crippen molar-refractivity contribution in [2.75, 3.05) is 13.1 Å². The van der Waals surface area contributed by atoms with Gasteiger partial charge in [0.05, 0.1) is 17.9 Å². The van der Waals surface area contributed by atoms with Crippen LogP contribution < -0.4 is 5.56 Å². The lowest BCUT2D eigenvalue weighted by molar-refractivity contribution is 0.203. The standard InChI is InChI=1S/C18H24N4OS/c1-12-19-15(10-17(23)20-12)13-6-8-22(9-7-13)11-18-21-14-4-2-3-5-16(14)24-18/h10,13H,2-9,11H2,1H3,(H,19,20,23). The zero-order chi connectivity index (χ0) is 16.5. The molecule has 4 rings (SSSR count). The van der Waals surface area contributed by atoms with Crippen molar-refractivity contribution in [3.63, 3.8) is 0 Å². The second kappa shape index (κ2) is 6.76. The first kappa shape index (κ1) is 16.0. The number of fused-ring (bicyclic) bond motifs is 1. The third-order valence-electron chi connectivity index (χ3n) is 5.13. The number of piperidine rings is 1. The van der Waals surface area contributed by atoms with E-state index in [0.717, 1.165) is 38.2 Å². The normalized spacial score (nSPS) is 19.4. The molecule has 1 saturated heterocycles. The monoisotopic (exact) mass is 344 g/mol. The maximum Gasteiger partial charge on any atom is 0.251 e. The SMILES string of the molecule is Cc1nc(C2CCN(Cc3nc4c(s3)CCCC4)CC2)cc(=O)[nH]1. The predicted molar refractivity (Wildman–Crippen MR) is 95.6 cm³/mol. The van der Waals surface area contributed by atoms with Gasteiger partial charge >= 0.3 is 0 Å². The molecule has 0 unspecified atom stereocenters. The molecular formula is C18H24N4OS. The Morgan fingerprint density at radius 1 is 1.25 bits per heavy atom. The average molecular weight is 344 g/mol. The summed E-state index contributed by atoms with van der Waals surface area (Å²) in [5.41, 5.74) is 2.29. The Hall–Kier alpha value is -1.53. The number of aromatic amines is 1. The second-order valence-corrected chi connectivity index (χ2v) is 8.16. The van der Waals surface area contributed by atoms with Gasteiger partial charge in [0.25, 0.3) is 5.56 Å². The quantitative estimate of drug-likeness (QED) is 0.930. The highest BCUT2D eigenvalue weighted by Gasteiger charge is 2.23. The van der Waals surface area contributed by atoms with Gasteiger partial charge in [0.1, 0.15) is 10.8 Å². The zero-order valence-electron chi connectivity index (χ0n) is 14.2. The van der Waals surface area contributed by atoms with Gasteiger partial charge in [0.2, 0.25) is 0 Å². The van der Waals surface area contributed by atoms with Crippen LogP contribution in [0.1, 0.15) is 58.7 Å². The minimum atomic E-state index is -0.0340. The molecule has 1 aliphatic carbocycles. The molecule has 2 aromatic heterocycles. The zero-order valence-corrected chi connectivity index (χ0v) is 15.0. The van der Waals surface area contributed by atoms with E-state index in [1.165, 1.54) is 41.3 Å². The van der Waals surface area contributed by atoms with Crippen molar-refractivity contribution in [1.29, 1.82) is 0 Å². The molecule has 128 valence electrons. The van der Waals surface area contributed by atoms with E-state index in [1.54, 1.807) is 6.07 Å². The van der Waals surface area contributed by atoms with Crippen LogP contribution in [-0.4, -0.2) is 32.9 Å². The van der Waals surface area contributed by atoms with Crippen LogP contribution in [0.5, 0.6) is 0 Å². The van der Waals surface area contributed by atoms with Crippen molar-refractivity contribution in [2.45, 2.75) is 57.9 Å². The first-order valence-corrected chi connectivity index (χ1v) is 9.77. The summed E-state index contributed by atoms with van der Waals surface area (Å²) >= 11 is 1.92. The maximum atomic E-state index is 11.6. The average Bonchev–Trinajstić information content (AvgIpc) is 2.97. The highest BCUT2D eigenvalue weighted by molar-refractivity contribution is 7.11. The first-order chi connectivity index (χ1) is 11.7. The Morgan fingerprint density at radius 2 is 2.04 bits per heavy atom. The summed E-state index contributed by atoms with van der Waals surface area (Å²) in [5, 5.41) is 1.28. The molecule has 24 heavy (non-hydrogen) atoms. The van der Waals surface area contributed by atoms with Crippen LogP contribution in [0.15, 0.2) is 10.9 Å². The molecule has 6 heteroatoms. The summed E-state index contributed by atoms with van der Waals surface area (Å²) in [7, 11) is 0. The maximum absolute atomic E-state index is 11.6. The van der Waals surface area contributed by atoms with Crippen LogP contribution in [0.2, 0.25) is 0 Å². The molecule has 0 aromatic carbocycles. The van der Waals surface area contributed by atoms with Crippen LogP contribution in [0.4, 0.5) is 0 Å². The third kappa shape index (κ3) is 3.44. The number of nitrogens with one attached hydrogen (secondary N) is 1. The molecule has 1 fully saturated rings. The van der Waals surface area contributed by atoms with Gasteiger partial charge in [-0.05, 0) is 58.5 Å². The van der Waals surface area contributed by atoms with E-state index in [4.69, 9.17) is 4.98 Å². The van der Waals surface area contributed by atoms with Crippen LogP contribution >= 0.6 is 11.3 Å². The van der Waals surface area contributed by atoms with E-state index in [0.29, 0.717) is 11.7 Å². The Morgan fingerprint density at radius 3 is 2.79 bits per heavy atom. The number of rotatable bonds is 3. The molecule has 0 atom stereocenters. The molecule has 5 nitrogen and oxygen atoms in total. The smallest absolute Gasteiger partial charge is 0.251 e. The number of hydrogen-bond donors (Lipinski definition) is 1. The van der Waals surface area contributed by atoms with Gasteiger partial charge < -0.3 is 4.98 Å². The fourth-order valence-electron chi connectivity index (χ4n) is 3.86. The number of aryl methyl sites for hydroxylation is 3. The molecule has 0 radical (unpaired) electrons. The van der Waals surface area contributed by atoms with Gasteiger partial charge in [-0.15, -0.1) is 11.3 Å². The van der Waals surface area contributed by atoms with E-state index >= 15 is 0 Å². The van der Waals surface area contributed by atoms with Gasteiger partial charge in [-0.25, -0.2) is 9.97 Å². The van der Waals surface area contributed by atoms with Gasteiger partial charge in [-0.3, -0.25) is 9.69 Å². The van der Waals surface area contributed by atoms with Gasteiger partial charge in [0.15, 0.2) is 0 Å². The van der Waals surface area contributed by atoms with Crippen LogP contribution in [0.3, 0.4) is 0 Å². The highest BCUT2D eigenvalue weighted by Crippen LogP contribution is 2.30. The summed E-state index contributed by atoms with van der Waals surface area (Å²) in [6.45, 7) is 4.95. The van der Waals surface area contributed by atoms with Crippen molar-refractivity contribution in [1.82, 2.24) is 19.9 Å². The molecule has 0 spiro atoms. The summed E-state index contributed by atoms with van der Waals surface area (Å²) in [6, 6.07) is 1.67. The molecule has 0 saturated carbocycles. The minimum absolute atomic E-state index is 0.0340. The second-order valence-electron chi connectivity index (χ2n) is 6.99. The third-order valence-corrected chi connectivity index (χ3v) is 6.28. The number of hydrogen-bond acceptors (Lipinski definition) is 5. The number of aromatic nitrogens is 3. The number of thiazole rings is 1. The highest BCUT2D eigenvalue weighted by atomic mass is 32.1. The molecule has 1 N–H and O–H groups in total. The van der Waals surface area contributed by atoms with Crippen LogP contribution in [0, 0.1) is 6.92 Å². The summed E-state index contributed by atoms with van der Waals surface area (Å²) in [4.78, 5) is 27.8. The van der Waals surface area contributed by atoms with Crippen molar-refractivity contribution in [3.8, 4) is 0 Å². The van der Waals surface area contributed by atoms with E-state index in [-0.39, 0.29) is 5.56 Å². The molecule has 2 aliphatic rings. The molecule has 1 aliphatic heterocycles. The molecular weight excluding hydrogens is 320 g/mol. The van der Waals surface area contributed by atoms with Crippen LogP contribution in [0.25, 0.3) is 0 Å². The summed E-state index contributed by atoms with van der Waals surface area (Å²) < 4.78 is 0. The van der Waals surface area contributed by atoms with Gasteiger partial charge in [-0.2, -0.15) is 0 Å². The summed E-state index contributed by atoms with van der Waals surface area (Å²) in [6.07, 6.45) is 7.15. The molecule has 2 aromatic rings. The molecule has 0 amide bonds. The lowest BCUT2D eigenvalue weighted by Crippen LogP contribution is -2.33. The minimum Gasteiger partial charge on any atom is -0.311 e. The van der Waals surface area contributed by atoms with Gasteiger partial charge in [-0.1, -0.05) is 0 Å². The van der Waals surface area contributed by atoms with E-state index in [1.807, 2.05) is 18.3 Å². The van der Waals surface area contributed by atoms with Gasteiger partial charge in [0, 0.05) is 16.9 Å². The Labute approximate surface area is 146 Å². The fraction of sp³-hybridized carbons (Fsp3) is 0.611. The van der Waals surface area contributed by atoms with Crippen LogP contribution in [-0.2, 0) is 19.4 Å². The Bertz CT molecular complexity index is 750. The largest absolute Gasteiger partial charge is 0.311 e. The number of nitrogens with zero attached hydrogens (tertiary/aromatic N) is 3. The topological polar surface area (TPSA) is 61.9 Å². The van der Waals surface area contributed by atoms with Crippen molar-refractivity contribution >= 4 is 11.3 Å². The molecule has 0 bridgehead atoms. The molecule has 3 heterocycles.